The Balaban J connectivity index is 1.78. The summed E-state index contributed by atoms with van der Waals surface area (Å²) < 4.78 is 1.84. The zero-order valence-electron chi connectivity index (χ0n) is 11.7. The molecule has 0 spiro atoms. The van der Waals surface area contributed by atoms with E-state index in [1.807, 2.05) is 42.8 Å². The third-order valence-corrected chi connectivity index (χ3v) is 2.96. The van der Waals surface area contributed by atoms with Crippen LogP contribution in [0.15, 0.2) is 36.7 Å². The van der Waals surface area contributed by atoms with E-state index in [9.17, 15) is 4.79 Å². The van der Waals surface area contributed by atoms with Crippen LogP contribution in [0.1, 0.15) is 17.0 Å². The van der Waals surface area contributed by atoms with Crippen molar-refractivity contribution in [2.24, 2.45) is 7.05 Å². The third kappa shape index (κ3) is 4.05. The highest BCUT2D eigenvalue weighted by molar-refractivity contribution is 5.91. The zero-order chi connectivity index (χ0) is 14.4. The first-order valence-electron chi connectivity index (χ1n) is 6.50. The number of nitrogens with zero attached hydrogens (tertiary/aromatic N) is 3. The maximum atomic E-state index is 11.7. The molecule has 0 saturated heterocycles. The summed E-state index contributed by atoms with van der Waals surface area (Å²) in [5.74, 6) is 0.751. The number of aromatic nitrogens is 3. The number of amides is 1. The van der Waals surface area contributed by atoms with Gasteiger partial charge >= 0.3 is 0 Å². The normalized spacial score (nSPS) is 10.9. The smallest absolute Gasteiger partial charge is 0.244 e. The maximum absolute atomic E-state index is 11.7. The molecular weight excluding hydrogens is 252 g/mol. The molecule has 5 nitrogen and oxygen atoms in total. The number of rotatable bonds is 5. The van der Waals surface area contributed by atoms with Gasteiger partial charge in [-0.05, 0) is 18.6 Å². The van der Waals surface area contributed by atoms with E-state index in [0.29, 0.717) is 13.0 Å². The van der Waals surface area contributed by atoms with Crippen LogP contribution in [0.2, 0.25) is 0 Å². The first kappa shape index (κ1) is 14.0. The van der Waals surface area contributed by atoms with Gasteiger partial charge in [-0.15, -0.1) is 10.2 Å². The summed E-state index contributed by atoms with van der Waals surface area (Å²) in [5, 5.41) is 10.6. The number of hydrogen-bond acceptors (Lipinski definition) is 3. The van der Waals surface area contributed by atoms with Crippen LogP contribution in [0.25, 0.3) is 6.08 Å². The highest BCUT2D eigenvalue weighted by Crippen LogP contribution is 2.04. The lowest BCUT2D eigenvalue weighted by molar-refractivity contribution is -0.116. The molecule has 0 fully saturated rings. The second-order valence-electron chi connectivity index (χ2n) is 4.64. The van der Waals surface area contributed by atoms with Crippen LogP contribution in [0.4, 0.5) is 0 Å². The minimum absolute atomic E-state index is 0.104. The standard InChI is InChI=1S/C15H18N4O/c1-12-3-5-13(6-4-12)7-8-15(20)16-10-9-14-18-17-11-19(14)2/h3-8,11H,9-10H2,1-2H3,(H,16,20)/b8-7+. The molecule has 0 radical (unpaired) electrons. The van der Waals surface area contributed by atoms with Crippen molar-refractivity contribution in [3.63, 3.8) is 0 Å². The summed E-state index contributed by atoms with van der Waals surface area (Å²) in [4.78, 5) is 11.7. The average Bonchev–Trinajstić information content (AvgIpc) is 2.84. The van der Waals surface area contributed by atoms with E-state index < -0.39 is 0 Å². The van der Waals surface area contributed by atoms with Crippen LogP contribution in [-0.2, 0) is 18.3 Å². The van der Waals surface area contributed by atoms with Gasteiger partial charge in [0, 0.05) is 26.1 Å². The SMILES string of the molecule is Cc1ccc(/C=C/C(=O)NCCc2nncn2C)cc1. The molecule has 20 heavy (non-hydrogen) atoms. The van der Waals surface area contributed by atoms with Gasteiger partial charge in [0.05, 0.1) is 0 Å². The molecule has 1 N–H and O–H groups in total. The number of aryl methyl sites for hydroxylation is 2. The molecule has 1 aromatic heterocycles. The van der Waals surface area contributed by atoms with E-state index >= 15 is 0 Å². The summed E-state index contributed by atoms with van der Waals surface area (Å²) in [6.45, 7) is 2.58. The molecule has 0 aliphatic rings. The Labute approximate surface area is 118 Å². The third-order valence-electron chi connectivity index (χ3n) is 2.96. The molecule has 1 aromatic carbocycles. The minimum atomic E-state index is -0.104. The molecule has 0 atom stereocenters. The molecule has 1 amide bonds. The van der Waals surface area contributed by atoms with Crippen molar-refractivity contribution in [1.29, 1.82) is 0 Å². The lowest BCUT2D eigenvalue weighted by atomic mass is 10.1. The Morgan fingerprint density at radius 1 is 1.35 bits per heavy atom. The molecule has 2 aromatic rings. The van der Waals surface area contributed by atoms with E-state index in [2.05, 4.69) is 15.5 Å². The predicted octanol–water partition coefficient (Wildman–Crippen LogP) is 1.50. The second-order valence-corrected chi connectivity index (χ2v) is 4.64. The van der Waals surface area contributed by atoms with Gasteiger partial charge in [-0.25, -0.2) is 0 Å². The van der Waals surface area contributed by atoms with Crippen molar-refractivity contribution in [3.8, 4) is 0 Å². The molecule has 0 unspecified atom stereocenters. The van der Waals surface area contributed by atoms with E-state index in [1.54, 1.807) is 18.5 Å². The molecule has 0 aliphatic carbocycles. The van der Waals surface area contributed by atoms with E-state index in [-0.39, 0.29) is 5.91 Å². The van der Waals surface area contributed by atoms with Crippen molar-refractivity contribution >= 4 is 12.0 Å². The van der Waals surface area contributed by atoms with E-state index in [1.165, 1.54) is 5.56 Å². The Kier molecular flexibility index (Phi) is 4.65. The molecule has 104 valence electrons. The molecular formula is C15H18N4O. The monoisotopic (exact) mass is 270 g/mol. The topological polar surface area (TPSA) is 59.8 Å². The average molecular weight is 270 g/mol. The summed E-state index contributed by atoms with van der Waals surface area (Å²) in [7, 11) is 1.88. The highest BCUT2D eigenvalue weighted by Gasteiger charge is 2.01. The van der Waals surface area contributed by atoms with Crippen molar-refractivity contribution in [1.82, 2.24) is 20.1 Å². The van der Waals surface area contributed by atoms with Gasteiger partial charge in [-0.1, -0.05) is 29.8 Å². The first-order valence-corrected chi connectivity index (χ1v) is 6.50. The fourth-order valence-corrected chi connectivity index (χ4v) is 1.74. The quantitative estimate of drug-likeness (QED) is 0.837. The fourth-order valence-electron chi connectivity index (χ4n) is 1.74. The predicted molar refractivity (Wildman–Crippen MR) is 77.9 cm³/mol. The Hall–Kier alpha value is -2.43. The van der Waals surface area contributed by atoms with Crippen LogP contribution in [0.5, 0.6) is 0 Å². The van der Waals surface area contributed by atoms with Crippen molar-refractivity contribution in [2.75, 3.05) is 6.54 Å². The highest BCUT2D eigenvalue weighted by atomic mass is 16.1. The summed E-state index contributed by atoms with van der Waals surface area (Å²) >= 11 is 0. The second kappa shape index (κ2) is 6.65. The summed E-state index contributed by atoms with van der Waals surface area (Å²) in [5.41, 5.74) is 2.22. The van der Waals surface area contributed by atoms with Crippen LogP contribution in [0.3, 0.4) is 0 Å². The fraction of sp³-hybridized carbons (Fsp3) is 0.267. The van der Waals surface area contributed by atoms with Gasteiger partial charge in [0.15, 0.2) is 0 Å². The van der Waals surface area contributed by atoms with Crippen LogP contribution < -0.4 is 5.32 Å². The zero-order valence-corrected chi connectivity index (χ0v) is 11.7. The number of carbonyl (C=O) groups excluding carboxylic acids is 1. The van der Waals surface area contributed by atoms with Crippen molar-refractivity contribution in [2.45, 2.75) is 13.3 Å². The summed E-state index contributed by atoms with van der Waals surface area (Å²) in [6.07, 6.45) is 5.66. The van der Waals surface area contributed by atoms with Gasteiger partial charge in [-0.3, -0.25) is 4.79 Å². The van der Waals surface area contributed by atoms with Gasteiger partial charge in [0.1, 0.15) is 12.2 Å². The Morgan fingerprint density at radius 2 is 2.10 bits per heavy atom. The lowest BCUT2D eigenvalue weighted by Crippen LogP contribution is -2.24. The first-order chi connectivity index (χ1) is 9.65. The van der Waals surface area contributed by atoms with Crippen LogP contribution in [0, 0.1) is 6.92 Å². The Morgan fingerprint density at radius 3 is 2.75 bits per heavy atom. The molecule has 1 heterocycles. The number of hydrogen-bond donors (Lipinski definition) is 1. The Bertz CT molecular complexity index is 599. The maximum Gasteiger partial charge on any atom is 0.244 e. The molecule has 5 heteroatoms. The number of nitrogens with one attached hydrogen (secondary N) is 1. The molecule has 2 rings (SSSR count). The molecule has 0 aliphatic heterocycles. The molecule has 0 saturated carbocycles. The van der Waals surface area contributed by atoms with Gasteiger partial charge in [0.25, 0.3) is 0 Å². The van der Waals surface area contributed by atoms with Crippen molar-refractivity contribution in [3.05, 3.63) is 53.6 Å². The number of benzene rings is 1. The van der Waals surface area contributed by atoms with Crippen LogP contribution in [-0.4, -0.2) is 27.2 Å². The minimum Gasteiger partial charge on any atom is -0.352 e. The number of carbonyl (C=O) groups is 1. The van der Waals surface area contributed by atoms with Crippen molar-refractivity contribution < 1.29 is 4.79 Å². The van der Waals surface area contributed by atoms with Gasteiger partial charge in [-0.2, -0.15) is 0 Å². The largest absolute Gasteiger partial charge is 0.352 e. The van der Waals surface area contributed by atoms with Gasteiger partial charge in [0.2, 0.25) is 5.91 Å². The van der Waals surface area contributed by atoms with E-state index in [0.717, 1.165) is 11.4 Å². The van der Waals surface area contributed by atoms with Crippen LogP contribution >= 0.6 is 0 Å². The van der Waals surface area contributed by atoms with Gasteiger partial charge < -0.3 is 9.88 Å². The summed E-state index contributed by atoms with van der Waals surface area (Å²) in [6, 6.07) is 8.01. The molecule has 0 bridgehead atoms. The lowest BCUT2D eigenvalue weighted by Gasteiger charge is -2.01. The van der Waals surface area contributed by atoms with E-state index in [4.69, 9.17) is 0 Å².